The van der Waals surface area contributed by atoms with Gasteiger partial charge in [0.1, 0.15) is 5.69 Å². The average molecular weight is 307 g/mol. The Kier molecular flexibility index (Phi) is 3.73. The fraction of sp³-hybridized carbons (Fsp3) is 0.462. The van der Waals surface area contributed by atoms with E-state index in [4.69, 9.17) is 0 Å². The molecule has 1 aliphatic rings. The number of hydrogen-bond acceptors (Lipinski definition) is 5. The lowest BCUT2D eigenvalue weighted by atomic mass is 9.96. The molecule has 0 saturated carbocycles. The quantitative estimate of drug-likeness (QED) is 0.913. The van der Waals surface area contributed by atoms with E-state index in [0.29, 0.717) is 13.1 Å². The van der Waals surface area contributed by atoms with Gasteiger partial charge in [0.05, 0.1) is 23.8 Å². The van der Waals surface area contributed by atoms with Crippen molar-refractivity contribution < 1.29 is 8.42 Å². The van der Waals surface area contributed by atoms with Crippen LogP contribution < -0.4 is 0 Å². The third kappa shape index (κ3) is 3.11. The van der Waals surface area contributed by atoms with Gasteiger partial charge in [-0.25, -0.2) is 12.7 Å². The third-order valence-electron chi connectivity index (χ3n) is 3.72. The zero-order valence-corrected chi connectivity index (χ0v) is 12.5. The van der Waals surface area contributed by atoms with Gasteiger partial charge in [-0.3, -0.25) is 15.1 Å². The molecule has 8 heteroatoms. The van der Waals surface area contributed by atoms with Gasteiger partial charge in [0.2, 0.25) is 10.0 Å². The molecule has 2 aromatic rings. The molecule has 1 aliphatic heterocycles. The zero-order chi connectivity index (χ0) is 14.9. The first-order valence-electron chi connectivity index (χ1n) is 6.81. The van der Waals surface area contributed by atoms with E-state index in [0.717, 1.165) is 29.9 Å². The van der Waals surface area contributed by atoms with Gasteiger partial charge >= 0.3 is 0 Å². The van der Waals surface area contributed by atoms with Crippen LogP contribution in [0, 0.1) is 0 Å². The Hall–Kier alpha value is -1.80. The minimum atomic E-state index is -3.14. The predicted octanol–water partition coefficient (Wildman–Crippen LogP) is 1.01. The van der Waals surface area contributed by atoms with Crippen molar-refractivity contribution in [2.24, 2.45) is 0 Å². The maximum absolute atomic E-state index is 11.7. The number of sulfonamides is 1. The first-order valence-corrected chi connectivity index (χ1v) is 8.65. The molecule has 1 fully saturated rings. The number of aromatic amines is 1. The minimum Gasteiger partial charge on any atom is -0.276 e. The third-order valence-corrected chi connectivity index (χ3v) is 4.99. The highest BCUT2D eigenvalue weighted by Crippen LogP contribution is 2.27. The van der Waals surface area contributed by atoms with E-state index in [9.17, 15) is 8.42 Å². The summed E-state index contributed by atoms with van der Waals surface area (Å²) in [6.07, 6.45) is 8.12. The topological polar surface area (TPSA) is 91.8 Å². The highest BCUT2D eigenvalue weighted by Gasteiger charge is 2.27. The first kappa shape index (κ1) is 14.2. The molecule has 1 saturated heterocycles. The van der Waals surface area contributed by atoms with Gasteiger partial charge < -0.3 is 0 Å². The molecular weight excluding hydrogens is 290 g/mol. The molecule has 112 valence electrons. The molecule has 2 aromatic heterocycles. The van der Waals surface area contributed by atoms with Gasteiger partial charge in [-0.05, 0) is 18.9 Å². The smallest absolute Gasteiger partial charge is 0.211 e. The summed E-state index contributed by atoms with van der Waals surface area (Å²) in [5.41, 5.74) is 2.38. The van der Waals surface area contributed by atoms with Gasteiger partial charge in [-0.1, -0.05) is 0 Å². The molecule has 0 aliphatic carbocycles. The van der Waals surface area contributed by atoms with Crippen molar-refractivity contribution in [1.82, 2.24) is 24.5 Å². The Morgan fingerprint density at radius 1 is 1.33 bits per heavy atom. The molecule has 1 N–H and O–H groups in total. The lowest BCUT2D eigenvalue weighted by molar-refractivity contribution is 0.314. The van der Waals surface area contributed by atoms with Crippen molar-refractivity contribution in [3.63, 3.8) is 0 Å². The number of aromatic nitrogens is 4. The van der Waals surface area contributed by atoms with Gasteiger partial charge in [0.25, 0.3) is 0 Å². The first-order chi connectivity index (χ1) is 10.0. The van der Waals surface area contributed by atoms with Crippen LogP contribution in [0.1, 0.15) is 24.5 Å². The van der Waals surface area contributed by atoms with E-state index in [2.05, 4.69) is 20.2 Å². The number of rotatable bonds is 3. The highest BCUT2D eigenvalue weighted by molar-refractivity contribution is 7.88. The van der Waals surface area contributed by atoms with Gasteiger partial charge in [-0.15, -0.1) is 0 Å². The van der Waals surface area contributed by atoms with Crippen LogP contribution >= 0.6 is 0 Å². The standard InChI is InChI=1S/C13H17N5O2S/c1-21(19,20)18-6-2-3-10(9-18)12-7-15-13(8-14-12)11-4-5-16-17-11/h4-5,7-8,10H,2-3,6,9H2,1H3,(H,16,17)/t10-/m1/s1. The van der Waals surface area contributed by atoms with E-state index < -0.39 is 10.0 Å². The van der Waals surface area contributed by atoms with Crippen LogP contribution in [0.4, 0.5) is 0 Å². The van der Waals surface area contributed by atoms with Crippen molar-refractivity contribution in [2.75, 3.05) is 19.3 Å². The Balaban J connectivity index is 1.78. The van der Waals surface area contributed by atoms with E-state index in [1.54, 1.807) is 18.6 Å². The lowest BCUT2D eigenvalue weighted by Crippen LogP contribution is -2.38. The molecule has 0 aromatic carbocycles. The van der Waals surface area contributed by atoms with Crippen molar-refractivity contribution in [3.8, 4) is 11.4 Å². The molecule has 0 unspecified atom stereocenters. The van der Waals surface area contributed by atoms with Crippen molar-refractivity contribution in [3.05, 3.63) is 30.4 Å². The normalized spacial score (nSPS) is 20.5. The number of nitrogens with zero attached hydrogens (tertiary/aromatic N) is 4. The van der Waals surface area contributed by atoms with Crippen LogP contribution in [0.5, 0.6) is 0 Å². The molecule has 7 nitrogen and oxygen atoms in total. The summed E-state index contributed by atoms with van der Waals surface area (Å²) in [4.78, 5) is 8.82. The van der Waals surface area contributed by atoms with Crippen LogP contribution in [0.2, 0.25) is 0 Å². The van der Waals surface area contributed by atoms with Crippen LogP contribution in [-0.2, 0) is 10.0 Å². The molecule has 21 heavy (non-hydrogen) atoms. The number of nitrogens with one attached hydrogen (secondary N) is 1. The summed E-state index contributed by atoms with van der Waals surface area (Å²) in [7, 11) is -3.14. The molecular formula is C13H17N5O2S. The summed E-state index contributed by atoms with van der Waals surface area (Å²) in [6.45, 7) is 1.08. The Morgan fingerprint density at radius 2 is 2.19 bits per heavy atom. The summed E-state index contributed by atoms with van der Waals surface area (Å²) in [6, 6.07) is 1.83. The summed E-state index contributed by atoms with van der Waals surface area (Å²) >= 11 is 0. The van der Waals surface area contributed by atoms with Crippen LogP contribution in [-0.4, -0.2) is 52.2 Å². The predicted molar refractivity (Wildman–Crippen MR) is 78.0 cm³/mol. The van der Waals surface area contributed by atoms with E-state index in [1.165, 1.54) is 10.6 Å². The van der Waals surface area contributed by atoms with E-state index >= 15 is 0 Å². The molecule has 3 rings (SSSR count). The van der Waals surface area contributed by atoms with Crippen molar-refractivity contribution in [1.29, 1.82) is 0 Å². The Morgan fingerprint density at radius 3 is 2.81 bits per heavy atom. The Bertz CT molecular complexity index is 697. The van der Waals surface area contributed by atoms with Crippen molar-refractivity contribution in [2.45, 2.75) is 18.8 Å². The van der Waals surface area contributed by atoms with Crippen LogP contribution in [0.25, 0.3) is 11.4 Å². The number of hydrogen-bond donors (Lipinski definition) is 1. The fourth-order valence-corrected chi connectivity index (χ4v) is 3.48. The van der Waals surface area contributed by atoms with Gasteiger partial charge in [0, 0.05) is 31.4 Å². The van der Waals surface area contributed by atoms with Crippen LogP contribution in [0.15, 0.2) is 24.7 Å². The largest absolute Gasteiger partial charge is 0.276 e. The van der Waals surface area contributed by atoms with Gasteiger partial charge in [0.15, 0.2) is 0 Å². The summed E-state index contributed by atoms with van der Waals surface area (Å²) < 4.78 is 24.8. The average Bonchev–Trinajstić information content (AvgIpc) is 3.01. The maximum atomic E-state index is 11.7. The second kappa shape index (κ2) is 5.53. The zero-order valence-electron chi connectivity index (χ0n) is 11.7. The second-order valence-corrected chi connectivity index (χ2v) is 7.24. The second-order valence-electron chi connectivity index (χ2n) is 5.26. The number of H-pyrrole nitrogens is 1. The molecule has 0 radical (unpaired) electrons. The van der Waals surface area contributed by atoms with Crippen molar-refractivity contribution >= 4 is 10.0 Å². The number of piperidine rings is 1. The lowest BCUT2D eigenvalue weighted by Gasteiger charge is -2.30. The Labute approximate surface area is 123 Å². The molecule has 0 bridgehead atoms. The van der Waals surface area contributed by atoms with E-state index in [-0.39, 0.29) is 5.92 Å². The highest BCUT2D eigenvalue weighted by atomic mass is 32.2. The summed E-state index contributed by atoms with van der Waals surface area (Å²) in [5, 5.41) is 6.72. The fourth-order valence-electron chi connectivity index (χ4n) is 2.57. The molecule has 0 spiro atoms. The summed E-state index contributed by atoms with van der Waals surface area (Å²) in [5.74, 6) is 0.108. The van der Waals surface area contributed by atoms with Gasteiger partial charge in [-0.2, -0.15) is 5.10 Å². The molecule has 3 heterocycles. The minimum absolute atomic E-state index is 0.108. The molecule has 0 amide bonds. The monoisotopic (exact) mass is 307 g/mol. The van der Waals surface area contributed by atoms with Crippen LogP contribution in [0.3, 0.4) is 0 Å². The van der Waals surface area contributed by atoms with E-state index in [1.807, 2.05) is 6.07 Å². The SMILES string of the molecule is CS(=O)(=O)N1CCC[C@@H](c2cnc(-c3ccn[nH]3)cn2)C1. The molecule has 1 atom stereocenters. The maximum Gasteiger partial charge on any atom is 0.211 e.